The first-order valence-corrected chi connectivity index (χ1v) is 12.6. The number of rotatable bonds is 6. The number of aromatic amines is 1. The highest BCUT2D eigenvalue weighted by molar-refractivity contribution is 7.98. The Morgan fingerprint density at radius 1 is 1.09 bits per heavy atom. The summed E-state index contributed by atoms with van der Waals surface area (Å²) in [6.07, 6.45) is 1.60. The topological polar surface area (TPSA) is 102 Å². The van der Waals surface area contributed by atoms with Crippen molar-refractivity contribution in [3.63, 3.8) is 0 Å². The molecule has 1 aromatic carbocycles. The molecule has 0 amide bonds. The number of nitrogens with zero attached hydrogens (tertiary/aromatic N) is 5. The summed E-state index contributed by atoms with van der Waals surface area (Å²) >= 11 is 2.92. The molecule has 1 saturated heterocycles. The molecule has 1 fully saturated rings. The van der Waals surface area contributed by atoms with E-state index in [1.165, 1.54) is 23.1 Å². The molecular weight excluding hydrogens is 472 g/mol. The minimum Gasteiger partial charge on any atom is -0.464 e. The summed E-state index contributed by atoms with van der Waals surface area (Å²) in [5.74, 6) is 2.49. The second-order valence-electron chi connectivity index (χ2n) is 7.66. The van der Waals surface area contributed by atoms with Gasteiger partial charge in [-0.15, -0.1) is 21.5 Å². The van der Waals surface area contributed by atoms with Crippen LogP contribution < -0.4 is 10.5 Å². The first kappa shape index (κ1) is 21.1. The van der Waals surface area contributed by atoms with Crippen molar-refractivity contribution in [2.24, 2.45) is 0 Å². The average molecular weight is 493 g/mol. The minimum atomic E-state index is -0.174. The molecule has 172 valence electrons. The molecule has 6 rings (SSSR count). The molecule has 9 nitrogen and oxygen atoms in total. The third-order valence-corrected chi connectivity index (χ3v) is 7.35. The molecule has 0 spiro atoms. The van der Waals surface area contributed by atoms with Gasteiger partial charge in [0.05, 0.1) is 36.3 Å². The van der Waals surface area contributed by atoms with E-state index in [0.29, 0.717) is 40.8 Å². The zero-order valence-corrected chi connectivity index (χ0v) is 19.6. The van der Waals surface area contributed by atoms with Gasteiger partial charge in [-0.25, -0.2) is 4.98 Å². The fourth-order valence-corrected chi connectivity index (χ4v) is 5.70. The highest BCUT2D eigenvalue weighted by atomic mass is 32.2. The van der Waals surface area contributed by atoms with Crippen molar-refractivity contribution in [3.05, 3.63) is 70.3 Å². The molecule has 4 aromatic heterocycles. The lowest BCUT2D eigenvalue weighted by atomic mass is 10.2. The third kappa shape index (κ3) is 3.91. The van der Waals surface area contributed by atoms with Gasteiger partial charge in [-0.3, -0.25) is 9.36 Å². The maximum atomic E-state index is 12.9. The molecule has 0 bridgehead atoms. The normalized spacial score (nSPS) is 14.2. The minimum absolute atomic E-state index is 0.174. The van der Waals surface area contributed by atoms with Gasteiger partial charge in [-0.05, 0) is 24.3 Å². The zero-order chi connectivity index (χ0) is 22.9. The quantitative estimate of drug-likeness (QED) is 0.356. The predicted molar refractivity (Wildman–Crippen MR) is 132 cm³/mol. The Morgan fingerprint density at radius 3 is 2.74 bits per heavy atom. The summed E-state index contributed by atoms with van der Waals surface area (Å²) < 4.78 is 13.0. The first-order valence-electron chi connectivity index (χ1n) is 10.8. The van der Waals surface area contributed by atoms with Crippen LogP contribution in [-0.2, 0) is 10.5 Å². The van der Waals surface area contributed by atoms with Crippen molar-refractivity contribution in [2.45, 2.75) is 10.9 Å². The van der Waals surface area contributed by atoms with E-state index in [1.54, 1.807) is 12.3 Å². The molecule has 0 radical (unpaired) electrons. The molecule has 11 heteroatoms. The summed E-state index contributed by atoms with van der Waals surface area (Å²) in [5, 5.41) is 12.2. The largest absolute Gasteiger partial charge is 0.464 e. The maximum Gasteiger partial charge on any atom is 0.260 e. The van der Waals surface area contributed by atoms with Gasteiger partial charge in [0.2, 0.25) is 5.95 Å². The Morgan fingerprint density at radius 2 is 1.94 bits per heavy atom. The van der Waals surface area contributed by atoms with E-state index in [2.05, 4.69) is 20.1 Å². The van der Waals surface area contributed by atoms with E-state index in [4.69, 9.17) is 14.1 Å². The molecule has 1 aliphatic heterocycles. The van der Waals surface area contributed by atoms with Crippen molar-refractivity contribution in [2.75, 3.05) is 31.2 Å². The number of thioether (sulfide) groups is 1. The van der Waals surface area contributed by atoms with Gasteiger partial charge in [0.15, 0.2) is 5.16 Å². The van der Waals surface area contributed by atoms with Gasteiger partial charge >= 0.3 is 0 Å². The molecule has 34 heavy (non-hydrogen) atoms. The number of thiophene rings is 1. The zero-order valence-electron chi connectivity index (χ0n) is 18.0. The highest BCUT2D eigenvalue weighted by Gasteiger charge is 2.22. The van der Waals surface area contributed by atoms with Crippen LogP contribution in [0.15, 0.2) is 68.5 Å². The summed E-state index contributed by atoms with van der Waals surface area (Å²) in [5.41, 5.74) is 1.57. The lowest BCUT2D eigenvalue weighted by Gasteiger charge is -2.27. The van der Waals surface area contributed by atoms with Gasteiger partial charge in [-0.2, -0.15) is 0 Å². The summed E-state index contributed by atoms with van der Waals surface area (Å²) in [6, 6.07) is 13.7. The van der Waals surface area contributed by atoms with E-state index >= 15 is 0 Å². The summed E-state index contributed by atoms with van der Waals surface area (Å²) in [4.78, 5) is 23.4. The number of H-pyrrole nitrogens is 1. The van der Waals surface area contributed by atoms with Crippen molar-refractivity contribution in [1.29, 1.82) is 0 Å². The SMILES string of the molecule is O=c1[nH]c(CSc2nnc(N3CCOCC3)n2-c2ccccc2)nc2scc(-c3ccco3)c12. The number of fused-ring (bicyclic) bond motifs is 1. The molecule has 1 aliphatic rings. The smallest absolute Gasteiger partial charge is 0.260 e. The average Bonchev–Trinajstić information content (AvgIpc) is 3.63. The van der Waals surface area contributed by atoms with Crippen molar-refractivity contribution < 1.29 is 9.15 Å². The van der Waals surface area contributed by atoms with Crippen molar-refractivity contribution in [3.8, 4) is 17.0 Å². The monoisotopic (exact) mass is 492 g/mol. The number of hydrogen-bond acceptors (Lipinski definition) is 9. The van der Waals surface area contributed by atoms with Crippen LogP contribution >= 0.6 is 23.1 Å². The van der Waals surface area contributed by atoms with Gasteiger partial charge < -0.3 is 19.0 Å². The fourth-order valence-electron chi connectivity index (χ4n) is 3.93. The van der Waals surface area contributed by atoms with E-state index in [-0.39, 0.29) is 5.56 Å². The van der Waals surface area contributed by atoms with E-state index in [1.807, 2.05) is 46.3 Å². The number of benzene rings is 1. The number of anilines is 1. The number of nitrogens with one attached hydrogen (secondary N) is 1. The van der Waals surface area contributed by atoms with Gasteiger partial charge in [0.1, 0.15) is 16.4 Å². The van der Waals surface area contributed by atoms with Crippen LogP contribution in [-0.4, -0.2) is 51.0 Å². The van der Waals surface area contributed by atoms with Gasteiger partial charge in [0.25, 0.3) is 5.56 Å². The van der Waals surface area contributed by atoms with E-state index in [0.717, 1.165) is 35.4 Å². The summed E-state index contributed by atoms with van der Waals surface area (Å²) in [7, 11) is 0. The van der Waals surface area contributed by atoms with E-state index in [9.17, 15) is 4.79 Å². The predicted octanol–water partition coefficient (Wildman–Crippen LogP) is 3.95. The van der Waals surface area contributed by atoms with Crippen LogP contribution in [0.25, 0.3) is 27.2 Å². The Kier molecular flexibility index (Phi) is 5.65. The fraction of sp³-hybridized carbons (Fsp3) is 0.217. The molecular formula is C23H20N6O3S2. The Balaban J connectivity index is 1.31. The van der Waals surface area contributed by atoms with Crippen LogP contribution in [0.5, 0.6) is 0 Å². The van der Waals surface area contributed by atoms with Crippen LogP contribution in [0, 0.1) is 0 Å². The summed E-state index contributed by atoms with van der Waals surface area (Å²) in [6.45, 7) is 2.85. The Hall–Kier alpha value is -3.41. The molecule has 0 saturated carbocycles. The van der Waals surface area contributed by atoms with Gasteiger partial charge in [-0.1, -0.05) is 30.0 Å². The van der Waals surface area contributed by atoms with Crippen LogP contribution in [0.3, 0.4) is 0 Å². The highest BCUT2D eigenvalue weighted by Crippen LogP contribution is 2.32. The van der Waals surface area contributed by atoms with Crippen LogP contribution in [0.1, 0.15) is 5.82 Å². The number of para-hydroxylation sites is 1. The molecule has 0 atom stereocenters. The van der Waals surface area contributed by atoms with E-state index < -0.39 is 0 Å². The van der Waals surface area contributed by atoms with Crippen molar-refractivity contribution in [1.82, 2.24) is 24.7 Å². The number of hydrogen-bond donors (Lipinski definition) is 1. The number of furan rings is 1. The molecule has 1 N–H and O–H groups in total. The Bertz CT molecular complexity index is 1470. The lowest BCUT2D eigenvalue weighted by Crippen LogP contribution is -2.37. The number of ether oxygens (including phenoxy) is 1. The molecule has 0 unspecified atom stereocenters. The lowest BCUT2D eigenvalue weighted by molar-refractivity contribution is 0.122. The standard InChI is InChI=1S/C23H20N6O3S2/c30-20-19-16(17-7-4-10-32-17)13-33-21(19)25-18(24-20)14-34-23-27-26-22(28-8-11-31-12-9-28)29(23)15-5-2-1-3-6-15/h1-7,10,13H,8-9,11-12,14H2,(H,24,25,30). The second kappa shape index (κ2) is 9.09. The first-order chi connectivity index (χ1) is 16.8. The third-order valence-electron chi connectivity index (χ3n) is 5.54. The maximum absolute atomic E-state index is 12.9. The van der Waals surface area contributed by atoms with Crippen LogP contribution in [0.4, 0.5) is 5.95 Å². The van der Waals surface area contributed by atoms with Crippen LogP contribution in [0.2, 0.25) is 0 Å². The Labute approximate surface area is 202 Å². The molecule has 0 aliphatic carbocycles. The number of aromatic nitrogens is 5. The van der Waals surface area contributed by atoms with Gasteiger partial charge in [0, 0.05) is 24.0 Å². The number of morpholine rings is 1. The molecule has 5 aromatic rings. The second-order valence-corrected chi connectivity index (χ2v) is 9.46. The molecule has 5 heterocycles. The van der Waals surface area contributed by atoms with Crippen molar-refractivity contribution >= 4 is 39.3 Å².